The number of aromatic nitrogens is 1. The van der Waals surface area contributed by atoms with Crippen molar-refractivity contribution in [2.75, 3.05) is 31.2 Å². The average molecular weight is 412 g/mol. The number of ether oxygens (including phenoxy) is 1. The summed E-state index contributed by atoms with van der Waals surface area (Å²) >= 11 is 0. The Balaban J connectivity index is 1.32. The highest BCUT2D eigenvalue weighted by Gasteiger charge is 2.44. The smallest absolute Gasteiger partial charge is 0.286 e. The first-order chi connectivity index (χ1) is 14.4. The van der Waals surface area contributed by atoms with Crippen molar-refractivity contribution >= 4 is 22.3 Å². The number of fused-ring (bicyclic) bond motifs is 1. The van der Waals surface area contributed by atoms with Crippen LogP contribution in [0, 0.1) is 0 Å². The van der Waals surface area contributed by atoms with Crippen molar-refractivity contribution in [3.63, 3.8) is 0 Å². The van der Waals surface area contributed by atoms with Crippen LogP contribution >= 0.6 is 0 Å². The molecule has 1 aliphatic heterocycles. The van der Waals surface area contributed by atoms with Crippen LogP contribution in [0.5, 0.6) is 0 Å². The molecule has 1 aliphatic rings. The molecule has 4 rings (SSSR count). The summed E-state index contributed by atoms with van der Waals surface area (Å²) in [6, 6.07) is 15.7. The molecule has 0 bridgehead atoms. The minimum atomic E-state index is -2.81. The van der Waals surface area contributed by atoms with Crippen LogP contribution in [-0.2, 0) is 17.9 Å². The minimum Gasteiger partial charge on any atom is -0.383 e. The Morgan fingerprint density at radius 2 is 1.93 bits per heavy atom. The van der Waals surface area contributed by atoms with Crippen molar-refractivity contribution in [1.82, 2.24) is 9.88 Å². The maximum absolute atomic E-state index is 14.1. The number of anilines is 2. The van der Waals surface area contributed by atoms with Crippen molar-refractivity contribution in [2.24, 2.45) is 0 Å². The molecule has 0 radical (unpaired) electrons. The van der Waals surface area contributed by atoms with Crippen LogP contribution in [0.2, 0.25) is 0 Å². The number of alkyl halides is 2. The fourth-order valence-electron chi connectivity index (χ4n) is 3.76. The van der Waals surface area contributed by atoms with E-state index in [1.54, 1.807) is 18.1 Å². The van der Waals surface area contributed by atoms with E-state index in [4.69, 9.17) is 10.5 Å². The van der Waals surface area contributed by atoms with E-state index < -0.39 is 12.0 Å². The van der Waals surface area contributed by atoms with Gasteiger partial charge in [-0.15, -0.1) is 0 Å². The van der Waals surface area contributed by atoms with Crippen LogP contribution in [0.25, 0.3) is 10.8 Å². The Bertz CT molecular complexity index is 1010. The molecular weight excluding hydrogens is 386 g/mol. The zero-order valence-electron chi connectivity index (χ0n) is 16.9. The number of halogens is 2. The standard InChI is InChI=1S/C23H26F2N4O/c1-29-11-9-21(23(24,25)15-29)30-14-17-4-2-16(3-5-17)13-28-19-6-7-20-18(12-19)8-10-27-22(20)26/h2-8,10,12,21,28H,9,11,13-15H2,1H3,(H2,26,27). The summed E-state index contributed by atoms with van der Waals surface area (Å²) in [4.78, 5) is 5.74. The summed E-state index contributed by atoms with van der Waals surface area (Å²) in [7, 11) is 1.71. The average Bonchev–Trinajstić information content (AvgIpc) is 2.72. The van der Waals surface area contributed by atoms with Crippen LogP contribution in [0.15, 0.2) is 54.7 Å². The van der Waals surface area contributed by atoms with Crippen LogP contribution in [0.1, 0.15) is 17.5 Å². The number of pyridine rings is 1. The Morgan fingerprint density at radius 3 is 2.70 bits per heavy atom. The number of benzene rings is 2. The molecule has 1 saturated heterocycles. The first kappa shape index (κ1) is 20.5. The van der Waals surface area contributed by atoms with Gasteiger partial charge >= 0.3 is 0 Å². The third-order valence-electron chi connectivity index (χ3n) is 5.49. The molecule has 0 spiro atoms. The van der Waals surface area contributed by atoms with E-state index in [2.05, 4.69) is 10.3 Å². The number of likely N-dealkylation sites (tertiary alicyclic amines) is 1. The summed E-state index contributed by atoms with van der Waals surface area (Å²) in [5.41, 5.74) is 8.87. The van der Waals surface area contributed by atoms with Gasteiger partial charge in [0.15, 0.2) is 0 Å². The van der Waals surface area contributed by atoms with E-state index in [0.717, 1.165) is 27.6 Å². The summed E-state index contributed by atoms with van der Waals surface area (Å²) in [5, 5.41) is 5.36. The number of rotatable bonds is 6. The summed E-state index contributed by atoms with van der Waals surface area (Å²) in [6.45, 7) is 1.22. The van der Waals surface area contributed by atoms with Crippen molar-refractivity contribution < 1.29 is 13.5 Å². The van der Waals surface area contributed by atoms with Gasteiger partial charge in [-0.1, -0.05) is 24.3 Å². The van der Waals surface area contributed by atoms with Crippen LogP contribution < -0.4 is 11.1 Å². The first-order valence-corrected chi connectivity index (χ1v) is 10.0. The Kier molecular flexibility index (Phi) is 5.83. The second kappa shape index (κ2) is 8.53. The van der Waals surface area contributed by atoms with Crippen molar-refractivity contribution in [3.05, 3.63) is 65.9 Å². The molecule has 1 atom stereocenters. The maximum Gasteiger partial charge on any atom is 0.286 e. The molecule has 30 heavy (non-hydrogen) atoms. The number of piperidine rings is 1. The molecule has 5 nitrogen and oxygen atoms in total. The largest absolute Gasteiger partial charge is 0.383 e. The van der Waals surface area contributed by atoms with Gasteiger partial charge in [0.2, 0.25) is 0 Å². The van der Waals surface area contributed by atoms with Gasteiger partial charge in [0.1, 0.15) is 11.9 Å². The van der Waals surface area contributed by atoms with Gasteiger partial charge in [-0.05, 0) is 54.2 Å². The molecule has 1 aromatic heterocycles. The van der Waals surface area contributed by atoms with Crippen molar-refractivity contribution in [2.45, 2.75) is 31.6 Å². The Labute approximate surface area is 174 Å². The van der Waals surface area contributed by atoms with Crippen LogP contribution in [0.3, 0.4) is 0 Å². The molecule has 2 heterocycles. The minimum absolute atomic E-state index is 0.192. The SMILES string of the molecule is CN1CCC(OCc2ccc(CNc3ccc4c(N)nccc4c3)cc2)C(F)(F)C1. The van der Waals surface area contributed by atoms with E-state index in [0.29, 0.717) is 25.3 Å². The van der Waals surface area contributed by atoms with Gasteiger partial charge < -0.3 is 20.7 Å². The summed E-state index contributed by atoms with van der Waals surface area (Å²) < 4.78 is 33.7. The van der Waals surface area contributed by atoms with Gasteiger partial charge in [-0.25, -0.2) is 13.8 Å². The van der Waals surface area contributed by atoms with Crippen molar-refractivity contribution in [1.29, 1.82) is 0 Å². The number of nitrogens with two attached hydrogens (primary N) is 1. The monoisotopic (exact) mass is 412 g/mol. The Morgan fingerprint density at radius 1 is 1.17 bits per heavy atom. The maximum atomic E-state index is 14.1. The number of nitrogens with one attached hydrogen (secondary N) is 1. The lowest BCUT2D eigenvalue weighted by atomic mass is 10.0. The van der Waals surface area contributed by atoms with E-state index >= 15 is 0 Å². The zero-order valence-corrected chi connectivity index (χ0v) is 16.9. The molecule has 7 heteroatoms. The lowest BCUT2D eigenvalue weighted by Gasteiger charge is -2.36. The molecule has 0 saturated carbocycles. The van der Waals surface area contributed by atoms with E-state index in [1.807, 2.05) is 48.5 Å². The van der Waals surface area contributed by atoms with E-state index in [-0.39, 0.29) is 13.2 Å². The molecule has 0 aliphatic carbocycles. The molecule has 3 aromatic rings. The topological polar surface area (TPSA) is 63.4 Å². The number of hydrogen-bond acceptors (Lipinski definition) is 5. The predicted molar refractivity (Wildman–Crippen MR) is 116 cm³/mol. The van der Waals surface area contributed by atoms with Crippen LogP contribution in [-0.4, -0.2) is 42.0 Å². The first-order valence-electron chi connectivity index (χ1n) is 10.0. The molecule has 3 N–H and O–H groups in total. The molecule has 2 aromatic carbocycles. The third kappa shape index (κ3) is 4.68. The fourth-order valence-corrected chi connectivity index (χ4v) is 3.76. The zero-order chi connectivity index (χ0) is 21.1. The molecule has 158 valence electrons. The molecular formula is C23H26F2N4O. The summed E-state index contributed by atoms with van der Waals surface area (Å²) in [5.74, 6) is -2.29. The van der Waals surface area contributed by atoms with Gasteiger partial charge in [0.25, 0.3) is 5.92 Å². The third-order valence-corrected chi connectivity index (χ3v) is 5.49. The Hall–Kier alpha value is -2.77. The highest BCUT2D eigenvalue weighted by Crippen LogP contribution is 2.30. The fraction of sp³-hybridized carbons (Fsp3) is 0.348. The molecule has 1 fully saturated rings. The number of hydrogen-bond donors (Lipinski definition) is 2. The van der Waals surface area contributed by atoms with Crippen molar-refractivity contribution in [3.8, 4) is 0 Å². The molecule has 1 unspecified atom stereocenters. The van der Waals surface area contributed by atoms with E-state index in [9.17, 15) is 8.78 Å². The van der Waals surface area contributed by atoms with Gasteiger partial charge in [0, 0.05) is 30.4 Å². The second-order valence-corrected chi connectivity index (χ2v) is 7.89. The lowest BCUT2D eigenvalue weighted by molar-refractivity contribution is -0.174. The highest BCUT2D eigenvalue weighted by atomic mass is 19.3. The van der Waals surface area contributed by atoms with Gasteiger partial charge in [0.05, 0.1) is 13.2 Å². The predicted octanol–water partition coefficient (Wildman–Crippen LogP) is 4.29. The number of nitrogens with zero attached hydrogens (tertiary/aromatic N) is 2. The quantitative estimate of drug-likeness (QED) is 0.633. The normalized spacial score (nSPS) is 19.1. The van der Waals surface area contributed by atoms with E-state index in [1.165, 1.54) is 0 Å². The highest BCUT2D eigenvalue weighted by molar-refractivity contribution is 5.92. The van der Waals surface area contributed by atoms with Crippen LogP contribution in [0.4, 0.5) is 20.3 Å². The number of nitrogen functional groups attached to an aromatic ring is 1. The lowest BCUT2D eigenvalue weighted by Crippen LogP contribution is -2.51. The second-order valence-electron chi connectivity index (χ2n) is 7.89. The molecule has 0 amide bonds. The van der Waals surface area contributed by atoms with Gasteiger partial charge in [-0.2, -0.15) is 0 Å². The van der Waals surface area contributed by atoms with Gasteiger partial charge in [-0.3, -0.25) is 0 Å². The summed E-state index contributed by atoms with van der Waals surface area (Å²) in [6.07, 6.45) is 1.02.